The van der Waals surface area contributed by atoms with Gasteiger partial charge in [-0.15, -0.1) is 0 Å². The second-order valence-electron chi connectivity index (χ2n) is 7.07. The number of imide groups is 1. The summed E-state index contributed by atoms with van der Waals surface area (Å²) in [6, 6.07) is 17.4. The molecule has 8 heteroatoms. The van der Waals surface area contributed by atoms with Gasteiger partial charge in [0.1, 0.15) is 6.61 Å². The molecule has 1 fully saturated rings. The van der Waals surface area contributed by atoms with Gasteiger partial charge in [0.25, 0.3) is 11.1 Å². The fourth-order valence-corrected chi connectivity index (χ4v) is 4.87. The van der Waals surface area contributed by atoms with Crippen molar-refractivity contribution in [1.82, 2.24) is 4.90 Å². The number of benzene rings is 3. The second-order valence-corrected chi connectivity index (χ2v) is 8.87. The Morgan fingerprint density at radius 2 is 1.75 bits per heavy atom. The summed E-state index contributed by atoms with van der Waals surface area (Å²) < 4.78 is 10.9. The van der Waals surface area contributed by atoms with Crippen LogP contribution >= 0.6 is 35.0 Å². The van der Waals surface area contributed by atoms with Gasteiger partial charge in [-0.3, -0.25) is 14.5 Å². The third kappa shape index (κ3) is 4.79. The highest BCUT2D eigenvalue weighted by atomic mass is 35.5. The summed E-state index contributed by atoms with van der Waals surface area (Å²) in [5, 5.41) is 2.54. The zero-order valence-electron chi connectivity index (χ0n) is 17.1. The van der Waals surface area contributed by atoms with E-state index < -0.39 is 0 Å². The molecule has 1 heterocycles. The number of fused-ring (bicyclic) bond motifs is 1. The maximum Gasteiger partial charge on any atom is 0.293 e. The topological polar surface area (TPSA) is 55.8 Å². The van der Waals surface area contributed by atoms with Crippen LogP contribution < -0.4 is 4.74 Å². The molecule has 1 aliphatic heterocycles. The fourth-order valence-electron chi connectivity index (χ4n) is 3.40. The summed E-state index contributed by atoms with van der Waals surface area (Å²) in [7, 11) is 1.52. The van der Waals surface area contributed by atoms with Crippen molar-refractivity contribution in [2.75, 3.05) is 20.3 Å². The Kier molecular flexibility index (Phi) is 7.06. The van der Waals surface area contributed by atoms with Gasteiger partial charge in [-0.1, -0.05) is 65.7 Å². The average molecular weight is 488 g/mol. The first-order chi connectivity index (χ1) is 15.5. The minimum atomic E-state index is -0.361. The number of carbonyl (C=O) groups excluding carboxylic acids is 2. The smallest absolute Gasteiger partial charge is 0.293 e. The normalized spacial score (nSPS) is 15.2. The van der Waals surface area contributed by atoms with Gasteiger partial charge in [-0.2, -0.15) is 0 Å². The lowest BCUT2D eigenvalue weighted by Gasteiger charge is -2.13. The number of rotatable bonds is 7. The molecule has 0 aromatic heterocycles. The lowest BCUT2D eigenvalue weighted by atomic mass is 10.1. The molecule has 3 aromatic rings. The van der Waals surface area contributed by atoms with Crippen LogP contribution in [0, 0.1) is 0 Å². The standard InChI is InChI=1S/C24H19Cl2NO4S/c1-30-10-9-27-23(28)21(32-24(27)29)13-15-11-19(25)22(20(26)12-15)31-14-17-7-4-6-16-5-2-3-8-18(16)17/h2-8,11-13H,9-10,14H2,1H3/b21-13+. The summed E-state index contributed by atoms with van der Waals surface area (Å²) >= 11 is 13.8. The first-order valence-corrected chi connectivity index (χ1v) is 11.4. The molecule has 2 amide bonds. The van der Waals surface area contributed by atoms with Crippen LogP contribution in [0.5, 0.6) is 5.75 Å². The van der Waals surface area contributed by atoms with Crippen molar-refractivity contribution < 1.29 is 19.1 Å². The number of hydrogen-bond donors (Lipinski definition) is 0. The van der Waals surface area contributed by atoms with Gasteiger partial charge in [0, 0.05) is 7.11 Å². The molecule has 0 saturated carbocycles. The van der Waals surface area contributed by atoms with Crippen molar-refractivity contribution in [1.29, 1.82) is 0 Å². The number of methoxy groups -OCH3 is 1. The van der Waals surface area contributed by atoms with Crippen LogP contribution in [0.4, 0.5) is 4.79 Å². The molecule has 0 N–H and O–H groups in total. The van der Waals surface area contributed by atoms with Gasteiger partial charge >= 0.3 is 0 Å². The Labute approximate surface area is 199 Å². The number of halogens is 2. The van der Waals surface area contributed by atoms with E-state index in [1.165, 1.54) is 7.11 Å². The van der Waals surface area contributed by atoms with E-state index in [1.54, 1.807) is 18.2 Å². The van der Waals surface area contributed by atoms with Crippen LogP contribution in [-0.2, 0) is 16.1 Å². The van der Waals surface area contributed by atoms with E-state index in [9.17, 15) is 9.59 Å². The van der Waals surface area contributed by atoms with Crippen LogP contribution in [0.1, 0.15) is 11.1 Å². The number of amides is 2. The molecule has 3 aromatic carbocycles. The number of thioether (sulfide) groups is 1. The SMILES string of the molecule is COCCN1C(=O)S/C(=C/c2cc(Cl)c(OCc3cccc4ccccc34)c(Cl)c2)C1=O. The summed E-state index contributed by atoms with van der Waals surface area (Å²) in [4.78, 5) is 26.1. The molecule has 0 radical (unpaired) electrons. The van der Waals surface area contributed by atoms with E-state index in [0.29, 0.717) is 32.9 Å². The van der Waals surface area contributed by atoms with Crippen molar-refractivity contribution in [3.63, 3.8) is 0 Å². The van der Waals surface area contributed by atoms with Crippen molar-refractivity contribution in [3.05, 3.63) is 80.7 Å². The number of hydrogen-bond acceptors (Lipinski definition) is 5. The lowest BCUT2D eigenvalue weighted by Crippen LogP contribution is -2.31. The first kappa shape index (κ1) is 22.7. The summed E-state index contributed by atoms with van der Waals surface area (Å²) in [6.45, 7) is 0.797. The average Bonchev–Trinajstić information content (AvgIpc) is 3.04. The lowest BCUT2D eigenvalue weighted by molar-refractivity contribution is -0.123. The van der Waals surface area contributed by atoms with Gasteiger partial charge in [-0.25, -0.2) is 0 Å². The maximum absolute atomic E-state index is 12.5. The molecule has 1 aliphatic rings. The van der Waals surface area contributed by atoms with Crippen LogP contribution in [0.3, 0.4) is 0 Å². The Morgan fingerprint density at radius 1 is 1.03 bits per heavy atom. The summed E-state index contributed by atoms with van der Waals surface area (Å²) in [5.41, 5.74) is 1.62. The molecule has 32 heavy (non-hydrogen) atoms. The highest BCUT2D eigenvalue weighted by Crippen LogP contribution is 2.38. The van der Waals surface area contributed by atoms with Crippen molar-refractivity contribution in [2.45, 2.75) is 6.61 Å². The third-order valence-electron chi connectivity index (χ3n) is 4.96. The van der Waals surface area contributed by atoms with Gasteiger partial charge in [0.05, 0.1) is 28.1 Å². The Balaban J connectivity index is 1.53. The van der Waals surface area contributed by atoms with Gasteiger partial charge in [0.15, 0.2) is 5.75 Å². The third-order valence-corrected chi connectivity index (χ3v) is 6.43. The summed E-state index contributed by atoms with van der Waals surface area (Å²) in [6.07, 6.45) is 1.60. The zero-order chi connectivity index (χ0) is 22.7. The maximum atomic E-state index is 12.5. The van der Waals surface area contributed by atoms with Crippen molar-refractivity contribution in [3.8, 4) is 5.75 Å². The second kappa shape index (κ2) is 9.96. The Hall–Kier alpha value is -2.51. The molecule has 0 atom stereocenters. The van der Waals surface area contributed by atoms with Crippen LogP contribution in [0.25, 0.3) is 16.8 Å². The largest absolute Gasteiger partial charge is 0.486 e. The monoisotopic (exact) mass is 487 g/mol. The Bertz CT molecular complexity index is 1200. The minimum absolute atomic E-state index is 0.209. The van der Waals surface area contributed by atoms with Crippen molar-refractivity contribution in [2.24, 2.45) is 0 Å². The van der Waals surface area contributed by atoms with E-state index in [1.807, 2.05) is 42.5 Å². The van der Waals surface area contributed by atoms with E-state index in [-0.39, 0.29) is 24.3 Å². The molecular weight excluding hydrogens is 469 g/mol. The highest BCUT2D eigenvalue weighted by Gasteiger charge is 2.34. The van der Waals surface area contributed by atoms with Crippen LogP contribution in [0.15, 0.2) is 59.5 Å². The predicted octanol–water partition coefficient (Wildman–Crippen LogP) is 6.41. The van der Waals surface area contributed by atoms with E-state index in [2.05, 4.69) is 0 Å². The van der Waals surface area contributed by atoms with Gasteiger partial charge in [-0.05, 0) is 51.9 Å². The first-order valence-electron chi connectivity index (χ1n) is 9.80. The molecule has 0 unspecified atom stereocenters. The molecular formula is C24H19Cl2NO4S. The van der Waals surface area contributed by atoms with E-state index in [4.69, 9.17) is 32.7 Å². The molecule has 0 bridgehead atoms. The summed E-state index contributed by atoms with van der Waals surface area (Å²) in [5.74, 6) is 0.00666. The number of nitrogens with zero attached hydrogens (tertiary/aromatic N) is 1. The zero-order valence-corrected chi connectivity index (χ0v) is 19.5. The van der Waals surface area contributed by atoms with E-state index >= 15 is 0 Å². The molecule has 4 rings (SSSR count). The predicted molar refractivity (Wildman–Crippen MR) is 129 cm³/mol. The van der Waals surface area contributed by atoms with Crippen molar-refractivity contribution >= 4 is 63.0 Å². The van der Waals surface area contributed by atoms with Crippen LogP contribution in [-0.4, -0.2) is 36.3 Å². The van der Waals surface area contributed by atoms with Crippen LogP contribution in [0.2, 0.25) is 10.0 Å². The fraction of sp³-hybridized carbons (Fsp3) is 0.167. The minimum Gasteiger partial charge on any atom is -0.486 e. The van der Waals surface area contributed by atoms with Gasteiger partial charge in [0.2, 0.25) is 0 Å². The molecule has 0 spiro atoms. The van der Waals surface area contributed by atoms with Gasteiger partial charge < -0.3 is 9.47 Å². The molecule has 5 nitrogen and oxygen atoms in total. The quantitative estimate of drug-likeness (QED) is 0.360. The number of ether oxygens (including phenoxy) is 2. The van der Waals surface area contributed by atoms with E-state index in [0.717, 1.165) is 33.0 Å². The molecule has 0 aliphatic carbocycles. The molecule has 164 valence electrons. The highest BCUT2D eigenvalue weighted by molar-refractivity contribution is 8.18. The number of carbonyl (C=O) groups is 2. The Morgan fingerprint density at radius 3 is 2.50 bits per heavy atom. The molecule has 1 saturated heterocycles.